The lowest BCUT2D eigenvalue weighted by atomic mass is 10.2. The van der Waals surface area contributed by atoms with Gasteiger partial charge < -0.3 is 15.0 Å². The summed E-state index contributed by atoms with van der Waals surface area (Å²) >= 11 is 2.56. The zero-order chi connectivity index (χ0) is 23.1. The van der Waals surface area contributed by atoms with Crippen LogP contribution in [0.25, 0.3) is 10.3 Å². The number of benzene rings is 1. The van der Waals surface area contributed by atoms with Crippen LogP contribution in [0.2, 0.25) is 0 Å². The quantitative estimate of drug-likeness (QED) is 0.260. The van der Waals surface area contributed by atoms with E-state index in [1.807, 2.05) is 38.1 Å². The molecule has 170 valence electrons. The SMILES string of the molecule is C=CCn1c(SCC(=O)NCc2cccc(OC)c2)nc2nc(N(CC)CC)sc2c1=O. The molecule has 0 fully saturated rings. The zero-order valence-electron chi connectivity index (χ0n) is 18.5. The first-order valence-corrected chi connectivity index (χ1v) is 12.1. The molecule has 0 saturated heterocycles. The molecule has 8 nitrogen and oxygen atoms in total. The van der Waals surface area contributed by atoms with E-state index in [0.717, 1.165) is 29.5 Å². The average Bonchev–Trinajstić information content (AvgIpc) is 3.23. The van der Waals surface area contributed by atoms with Crippen molar-refractivity contribution in [1.82, 2.24) is 19.9 Å². The van der Waals surface area contributed by atoms with Crippen molar-refractivity contribution in [2.45, 2.75) is 32.1 Å². The van der Waals surface area contributed by atoms with Crippen molar-refractivity contribution in [2.75, 3.05) is 30.9 Å². The Morgan fingerprint density at radius 1 is 1.34 bits per heavy atom. The van der Waals surface area contributed by atoms with Crippen molar-refractivity contribution < 1.29 is 9.53 Å². The van der Waals surface area contributed by atoms with Gasteiger partial charge in [-0.3, -0.25) is 14.2 Å². The van der Waals surface area contributed by atoms with Gasteiger partial charge in [0.2, 0.25) is 5.91 Å². The van der Waals surface area contributed by atoms with Gasteiger partial charge in [0, 0.05) is 26.2 Å². The fourth-order valence-electron chi connectivity index (χ4n) is 3.07. The number of carbonyl (C=O) groups excluding carboxylic acids is 1. The van der Waals surface area contributed by atoms with Gasteiger partial charge in [0.1, 0.15) is 10.4 Å². The smallest absolute Gasteiger partial charge is 0.274 e. The Bertz CT molecular complexity index is 1150. The van der Waals surface area contributed by atoms with Crippen molar-refractivity contribution in [3.05, 3.63) is 52.8 Å². The van der Waals surface area contributed by atoms with E-state index in [0.29, 0.717) is 28.6 Å². The molecule has 0 aliphatic heterocycles. The molecule has 3 rings (SSSR count). The molecule has 0 atom stereocenters. The van der Waals surface area contributed by atoms with E-state index < -0.39 is 0 Å². The third-order valence-electron chi connectivity index (χ3n) is 4.77. The van der Waals surface area contributed by atoms with Crippen LogP contribution in [-0.2, 0) is 17.9 Å². The molecule has 2 aromatic heterocycles. The first-order valence-electron chi connectivity index (χ1n) is 10.3. The van der Waals surface area contributed by atoms with Crippen molar-refractivity contribution in [2.24, 2.45) is 0 Å². The van der Waals surface area contributed by atoms with Gasteiger partial charge in [0.05, 0.1) is 12.9 Å². The molecule has 0 aliphatic carbocycles. The molecule has 0 aliphatic rings. The summed E-state index contributed by atoms with van der Waals surface area (Å²) in [6, 6.07) is 7.53. The highest BCUT2D eigenvalue weighted by Crippen LogP contribution is 2.27. The van der Waals surface area contributed by atoms with Crippen LogP contribution >= 0.6 is 23.1 Å². The molecule has 10 heteroatoms. The van der Waals surface area contributed by atoms with Crippen molar-refractivity contribution in [3.8, 4) is 5.75 Å². The second-order valence-electron chi connectivity index (χ2n) is 6.84. The number of methoxy groups -OCH3 is 1. The van der Waals surface area contributed by atoms with Crippen LogP contribution in [-0.4, -0.2) is 46.4 Å². The Labute approximate surface area is 195 Å². The molecule has 3 aromatic rings. The van der Waals surface area contributed by atoms with Crippen LogP contribution < -0.4 is 20.5 Å². The Morgan fingerprint density at radius 3 is 2.81 bits per heavy atom. The fraction of sp³-hybridized carbons (Fsp3) is 0.364. The van der Waals surface area contributed by atoms with E-state index >= 15 is 0 Å². The number of hydrogen-bond acceptors (Lipinski definition) is 8. The maximum absolute atomic E-state index is 13.1. The molecule has 1 aromatic carbocycles. The van der Waals surface area contributed by atoms with E-state index in [-0.39, 0.29) is 17.2 Å². The minimum absolute atomic E-state index is 0.131. The number of ether oxygens (including phenoxy) is 1. The van der Waals surface area contributed by atoms with Gasteiger partial charge in [-0.2, -0.15) is 4.98 Å². The molecule has 0 spiro atoms. The third-order valence-corrected chi connectivity index (χ3v) is 6.84. The average molecular weight is 474 g/mol. The minimum Gasteiger partial charge on any atom is -0.497 e. The summed E-state index contributed by atoms with van der Waals surface area (Å²) < 4.78 is 7.26. The Hall–Kier alpha value is -2.85. The summed E-state index contributed by atoms with van der Waals surface area (Å²) in [7, 11) is 1.61. The number of aromatic nitrogens is 3. The Kier molecular flexibility index (Phi) is 8.29. The van der Waals surface area contributed by atoms with Crippen molar-refractivity contribution in [1.29, 1.82) is 0 Å². The fourth-order valence-corrected chi connectivity index (χ4v) is 4.98. The molecule has 0 radical (unpaired) electrons. The van der Waals surface area contributed by atoms with Gasteiger partial charge in [0.25, 0.3) is 5.56 Å². The van der Waals surface area contributed by atoms with E-state index in [4.69, 9.17) is 4.74 Å². The van der Waals surface area contributed by atoms with Gasteiger partial charge in [-0.1, -0.05) is 41.3 Å². The van der Waals surface area contributed by atoms with Crippen LogP contribution in [0.1, 0.15) is 19.4 Å². The molecule has 0 saturated carbocycles. The van der Waals surface area contributed by atoms with E-state index in [9.17, 15) is 9.59 Å². The first-order chi connectivity index (χ1) is 15.5. The predicted molar refractivity (Wildman–Crippen MR) is 131 cm³/mol. The van der Waals surface area contributed by atoms with Gasteiger partial charge in [0.15, 0.2) is 15.9 Å². The lowest BCUT2D eigenvalue weighted by Crippen LogP contribution is -2.26. The van der Waals surface area contributed by atoms with Crippen molar-refractivity contribution >= 4 is 44.5 Å². The normalized spacial score (nSPS) is 10.8. The van der Waals surface area contributed by atoms with Gasteiger partial charge in [-0.05, 0) is 31.5 Å². The molecular weight excluding hydrogens is 446 g/mol. The van der Waals surface area contributed by atoms with Crippen LogP contribution in [0.3, 0.4) is 0 Å². The van der Waals surface area contributed by atoms with Crippen LogP contribution in [0.5, 0.6) is 5.75 Å². The number of nitrogens with zero attached hydrogens (tertiary/aromatic N) is 4. The lowest BCUT2D eigenvalue weighted by Gasteiger charge is -2.15. The summed E-state index contributed by atoms with van der Waals surface area (Å²) in [6.07, 6.45) is 1.65. The topological polar surface area (TPSA) is 89.3 Å². The van der Waals surface area contributed by atoms with Crippen LogP contribution in [0, 0.1) is 0 Å². The summed E-state index contributed by atoms with van der Waals surface area (Å²) in [6.45, 7) is 10.1. The van der Waals surface area contributed by atoms with Crippen LogP contribution in [0.4, 0.5) is 5.13 Å². The number of hydrogen-bond donors (Lipinski definition) is 1. The van der Waals surface area contributed by atoms with Gasteiger partial charge in [-0.25, -0.2) is 4.98 Å². The first kappa shape index (κ1) is 23.8. The highest BCUT2D eigenvalue weighted by Gasteiger charge is 2.18. The lowest BCUT2D eigenvalue weighted by molar-refractivity contribution is -0.118. The molecule has 1 amide bonds. The monoisotopic (exact) mass is 473 g/mol. The maximum Gasteiger partial charge on any atom is 0.274 e. The van der Waals surface area contributed by atoms with Crippen molar-refractivity contribution in [3.63, 3.8) is 0 Å². The number of thiazole rings is 1. The second-order valence-corrected chi connectivity index (χ2v) is 8.76. The molecule has 32 heavy (non-hydrogen) atoms. The summed E-state index contributed by atoms with van der Waals surface area (Å²) in [5.41, 5.74) is 1.20. The number of anilines is 1. The molecular formula is C22H27N5O3S2. The number of allylic oxidation sites excluding steroid dienone is 1. The minimum atomic E-state index is -0.162. The largest absolute Gasteiger partial charge is 0.497 e. The molecule has 0 bridgehead atoms. The van der Waals surface area contributed by atoms with E-state index in [2.05, 4.69) is 26.8 Å². The highest BCUT2D eigenvalue weighted by atomic mass is 32.2. The highest BCUT2D eigenvalue weighted by molar-refractivity contribution is 7.99. The molecule has 1 N–H and O–H groups in total. The number of amides is 1. The number of carbonyl (C=O) groups is 1. The van der Waals surface area contributed by atoms with E-state index in [1.54, 1.807) is 17.8 Å². The number of thioether (sulfide) groups is 1. The molecule has 0 unspecified atom stereocenters. The summed E-state index contributed by atoms with van der Waals surface area (Å²) in [4.78, 5) is 36.7. The molecule has 2 heterocycles. The van der Waals surface area contributed by atoms with Gasteiger partial charge in [-0.15, -0.1) is 6.58 Å². The second kappa shape index (κ2) is 11.1. The zero-order valence-corrected chi connectivity index (χ0v) is 20.1. The maximum atomic E-state index is 13.1. The van der Waals surface area contributed by atoms with Crippen LogP contribution in [0.15, 0.2) is 46.9 Å². The standard InChI is InChI=1S/C22H27N5O3S2/c1-5-11-27-20(29)18-19(24-21(32-18)26(6-2)7-3)25-22(27)31-14-17(28)23-13-15-9-8-10-16(12-15)30-4/h5,8-10,12H,1,6-7,11,13-14H2,2-4H3,(H,23,28). The Balaban J connectivity index is 1.76. The number of fused-ring (bicyclic) bond motifs is 1. The summed E-state index contributed by atoms with van der Waals surface area (Å²) in [5.74, 6) is 0.718. The Morgan fingerprint density at radius 2 is 2.12 bits per heavy atom. The van der Waals surface area contributed by atoms with Gasteiger partial charge >= 0.3 is 0 Å². The number of rotatable bonds is 11. The summed E-state index contributed by atoms with van der Waals surface area (Å²) in [5, 5.41) is 4.12. The van der Waals surface area contributed by atoms with E-state index in [1.165, 1.54) is 23.1 Å². The third kappa shape index (κ3) is 5.49. The number of nitrogens with one attached hydrogen (secondary N) is 1. The predicted octanol–water partition coefficient (Wildman–Crippen LogP) is 3.30.